The first kappa shape index (κ1) is 17.0. The highest BCUT2D eigenvalue weighted by atomic mass is 32.1. The van der Waals surface area contributed by atoms with Gasteiger partial charge in [-0.2, -0.15) is 0 Å². The van der Waals surface area contributed by atoms with Gasteiger partial charge in [-0.1, -0.05) is 19.8 Å². The average molecular weight is 348 g/mol. The Morgan fingerprint density at radius 1 is 1.38 bits per heavy atom. The van der Waals surface area contributed by atoms with Gasteiger partial charge in [0.25, 0.3) is 0 Å². The summed E-state index contributed by atoms with van der Waals surface area (Å²) in [5.74, 6) is 0.0980. The van der Waals surface area contributed by atoms with Crippen molar-refractivity contribution in [3.8, 4) is 0 Å². The lowest BCUT2D eigenvalue weighted by molar-refractivity contribution is -0.122. The minimum absolute atomic E-state index is 0.0389. The number of hydrogen-bond acceptors (Lipinski definition) is 4. The van der Waals surface area contributed by atoms with Gasteiger partial charge >= 0.3 is 5.97 Å². The minimum atomic E-state index is -0.375. The molecule has 2 aromatic rings. The van der Waals surface area contributed by atoms with Gasteiger partial charge < -0.3 is 14.6 Å². The molecule has 2 unspecified atom stereocenters. The summed E-state index contributed by atoms with van der Waals surface area (Å²) >= 11 is 1.56. The van der Waals surface area contributed by atoms with Crippen LogP contribution >= 0.6 is 11.3 Å². The fraction of sp³-hybridized carbons (Fsp3) is 0.556. The summed E-state index contributed by atoms with van der Waals surface area (Å²) in [6.07, 6.45) is 4.61. The molecule has 6 heteroatoms. The molecule has 3 rings (SSSR count). The second-order valence-corrected chi connectivity index (χ2v) is 7.39. The summed E-state index contributed by atoms with van der Waals surface area (Å²) in [4.78, 5) is 24.7. The number of carbonyl (C=O) groups is 2. The Balaban J connectivity index is 1.77. The second kappa shape index (κ2) is 7.38. The van der Waals surface area contributed by atoms with Crippen molar-refractivity contribution in [1.82, 2.24) is 9.88 Å². The molecule has 1 saturated carbocycles. The zero-order valence-electron chi connectivity index (χ0n) is 14.2. The lowest BCUT2D eigenvalue weighted by atomic mass is 9.86. The summed E-state index contributed by atoms with van der Waals surface area (Å²) in [5.41, 5.74) is 1.36. The third-order valence-electron chi connectivity index (χ3n) is 4.77. The first-order valence-corrected chi connectivity index (χ1v) is 9.51. The highest BCUT2D eigenvalue weighted by Gasteiger charge is 2.24. The molecule has 1 aliphatic carbocycles. The first-order chi connectivity index (χ1) is 11.6. The molecule has 0 spiro atoms. The van der Waals surface area contributed by atoms with Crippen LogP contribution in [0.4, 0.5) is 0 Å². The largest absolute Gasteiger partial charge is 0.461 e. The fourth-order valence-corrected chi connectivity index (χ4v) is 4.27. The molecular weight excluding hydrogens is 324 g/mol. The van der Waals surface area contributed by atoms with Crippen molar-refractivity contribution >= 4 is 33.4 Å². The van der Waals surface area contributed by atoms with Crippen LogP contribution in [-0.2, 0) is 16.1 Å². The molecule has 1 amide bonds. The number of rotatable bonds is 5. The minimum Gasteiger partial charge on any atom is -0.461 e. The lowest BCUT2D eigenvalue weighted by Crippen LogP contribution is -2.42. The van der Waals surface area contributed by atoms with Crippen LogP contribution in [0.25, 0.3) is 10.2 Å². The molecule has 0 aliphatic heterocycles. The van der Waals surface area contributed by atoms with E-state index in [0.717, 1.165) is 23.1 Å². The van der Waals surface area contributed by atoms with E-state index in [1.54, 1.807) is 22.8 Å². The second-order valence-electron chi connectivity index (χ2n) is 6.44. The number of carbonyl (C=O) groups excluding carboxylic acids is 2. The van der Waals surface area contributed by atoms with Crippen LogP contribution in [0.3, 0.4) is 0 Å². The van der Waals surface area contributed by atoms with Crippen molar-refractivity contribution < 1.29 is 14.3 Å². The molecule has 2 heterocycles. The molecular formula is C18H24N2O3S. The Morgan fingerprint density at radius 2 is 2.17 bits per heavy atom. The van der Waals surface area contributed by atoms with E-state index in [-0.39, 0.29) is 24.5 Å². The fourth-order valence-electron chi connectivity index (χ4n) is 3.45. The van der Waals surface area contributed by atoms with Crippen molar-refractivity contribution in [3.63, 3.8) is 0 Å². The third-order valence-corrected chi connectivity index (χ3v) is 5.62. The topological polar surface area (TPSA) is 60.3 Å². The van der Waals surface area contributed by atoms with Crippen LogP contribution in [0, 0.1) is 5.92 Å². The Labute approximate surface area is 146 Å². The Morgan fingerprint density at radius 3 is 2.92 bits per heavy atom. The summed E-state index contributed by atoms with van der Waals surface area (Å²) < 4.78 is 7.90. The molecule has 2 aromatic heterocycles. The number of aromatic nitrogens is 1. The van der Waals surface area contributed by atoms with Crippen molar-refractivity contribution in [2.45, 2.75) is 52.1 Å². The van der Waals surface area contributed by atoms with Gasteiger partial charge in [0.15, 0.2) is 0 Å². The van der Waals surface area contributed by atoms with Crippen molar-refractivity contribution in [3.05, 3.63) is 23.2 Å². The third kappa shape index (κ3) is 3.48. The van der Waals surface area contributed by atoms with Crippen molar-refractivity contribution in [2.75, 3.05) is 6.61 Å². The van der Waals surface area contributed by atoms with Gasteiger partial charge in [-0.05, 0) is 43.2 Å². The van der Waals surface area contributed by atoms with E-state index in [2.05, 4.69) is 12.2 Å². The molecule has 24 heavy (non-hydrogen) atoms. The van der Waals surface area contributed by atoms with Gasteiger partial charge in [0, 0.05) is 6.04 Å². The number of amides is 1. The number of nitrogens with zero attached hydrogens (tertiary/aromatic N) is 1. The van der Waals surface area contributed by atoms with E-state index in [1.807, 2.05) is 17.5 Å². The maximum Gasteiger partial charge on any atom is 0.355 e. The number of fused-ring (bicyclic) bond motifs is 1. The van der Waals surface area contributed by atoms with E-state index >= 15 is 0 Å². The van der Waals surface area contributed by atoms with Crippen LogP contribution in [0.15, 0.2) is 17.5 Å². The van der Waals surface area contributed by atoms with Gasteiger partial charge in [-0.15, -0.1) is 11.3 Å². The zero-order valence-corrected chi connectivity index (χ0v) is 15.0. The first-order valence-electron chi connectivity index (χ1n) is 8.63. The van der Waals surface area contributed by atoms with Crippen LogP contribution in [-0.4, -0.2) is 29.1 Å². The van der Waals surface area contributed by atoms with Gasteiger partial charge in [0.1, 0.15) is 12.2 Å². The molecule has 1 aliphatic rings. The molecule has 5 nitrogen and oxygen atoms in total. The van der Waals surface area contributed by atoms with Gasteiger partial charge in [0.2, 0.25) is 5.91 Å². The van der Waals surface area contributed by atoms with Crippen LogP contribution in [0.5, 0.6) is 0 Å². The Hall–Kier alpha value is -1.82. The number of hydrogen-bond donors (Lipinski definition) is 1. The summed E-state index contributed by atoms with van der Waals surface area (Å²) in [6, 6.07) is 4.00. The monoisotopic (exact) mass is 348 g/mol. The predicted molar refractivity (Wildman–Crippen MR) is 95.3 cm³/mol. The van der Waals surface area contributed by atoms with Crippen LogP contribution in [0.2, 0.25) is 0 Å². The summed E-state index contributed by atoms with van der Waals surface area (Å²) in [5, 5.41) is 5.12. The lowest BCUT2D eigenvalue weighted by Gasteiger charge is -2.29. The maximum atomic E-state index is 12.5. The average Bonchev–Trinajstić information content (AvgIpc) is 3.12. The number of thiophene rings is 1. The number of esters is 1. The van der Waals surface area contributed by atoms with Gasteiger partial charge in [-0.3, -0.25) is 4.79 Å². The Kier molecular flexibility index (Phi) is 5.23. The zero-order chi connectivity index (χ0) is 17.1. The van der Waals surface area contributed by atoms with Crippen LogP contribution < -0.4 is 5.32 Å². The summed E-state index contributed by atoms with van der Waals surface area (Å²) in [6.45, 7) is 4.45. The normalized spacial score (nSPS) is 20.9. The highest BCUT2D eigenvalue weighted by molar-refractivity contribution is 7.17. The standard InChI is InChI=1S/C18H24N2O3S/c1-3-23-18(22)15-10-16-14(8-9-24-16)20(15)11-17(21)19-13-7-5-4-6-12(13)2/h8-10,12-13H,3-7,11H2,1-2H3,(H,19,21). The number of ether oxygens (including phenoxy) is 1. The maximum absolute atomic E-state index is 12.5. The van der Waals surface area contributed by atoms with Gasteiger partial charge in [-0.25, -0.2) is 4.79 Å². The van der Waals surface area contributed by atoms with Crippen molar-refractivity contribution in [1.29, 1.82) is 0 Å². The quantitative estimate of drug-likeness (QED) is 0.840. The molecule has 1 fully saturated rings. The molecule has 0 aromatic carbocycles. The molecule has 2 atom stereocenters. The van der Waals surface area contributed by atoms with E-state index < -0.39 is 0 Å². The molecule has 0 bridgehead atoms. The van der Waals surface area contributed by atoms with Crippen molar-refractivity contribution in [2.24, 2.45) is 5.92 Å². The molecule has 0 saturated heterocycles. The Bertz CT molecular complexity index is 734. The van der Waals surface area contributed by atoms with Gasteiger partial charge in [0.05, 0.1) is 16.8 Å². The molecule has 130 valence electrons. The van der Waals surface area contributed by atoms with E-state index in [9.17, 15) is 9.59 Å². The summed E-state index contributed by atoms with van der Waals surface area (Å²) in [7, 11) is 0. The molecule has 0 radical (unpaired) electrons. The smallest absolute Gasteiger partial charge is 0.355 e. The highest BCUT2D eigenvalue weighted by Crippen LogP contribution is 2.26. The van der Waals surface area contributed by atoms with Crippen LogP contribution in [0.1, 0.15) is 50.0 Å². The SMILES string of the molecule is CCOC(=O)c1cc2sccc2n1CC(=O)NC1CCCCC1C. The molecule has 1 N–H and O–H groups in total. The van der Waals surface area contributed by atoms with E-state index in [4.69, 9.17) is 4.74 Å². The van der Waals surface area contributed by atoms with E-state index in [1.165, 1.54) is 12.8 Å². The predicted octanol–water partition coefficient (Wildman–Crippen LogP) is 3.57. The van der Waals surface area contributed by atoms with E-state index in [0.29, 0.717) is 18.2 Å². The number of nitrogens with one attached hydrogen (secondary N) is 1.